The molecule has 1 atom stereocenters. The number of nitrogens with zero attached hydrogens (tertiary/aromatic N) is 1. The Morgan fingerprint density at radius 3 is 2.67 bits per heavy atom. The Hall–Kier alpha value is -0.930. The summed E-state index contributed by atoms with van der Waals surface area (Å²) in [5, 5.41) is 2.19. The molecule has 52 valence electrons. The monoisotopic (exact) mass is 131 g/mol. The molecule has 0 N–H and O–H groups in total. The van der Waals surface area contributed by atoms with Gasteiger partial charge in [-0.2, -0.15) is 0 Å². The molecule has 0 aliphatic rings. The van der Waals surface area contributed by atoms with Crippen LogP contribution in [0.25, 0.3) is 0 Å². The van der Waals surface area contributed by atoms with Crippen LogP contribution in [0.3, 0.4) is 0 Å². The fraction of sp³-hybridized carbons (Fsp3) is 0.800. The van der Waals surface area contributed by atoms with Gasteiger partial charge in [0.1, 0.15) is 11.9 Å². The van der Waals surface area contributed by atoms with Crippen molar-refractivity contribution < 1.29 is 9.63 Å². The summed E-state index contributed by atoms with van der Waals surface area (Å²) >= 11 is 0. The standard InChI is InChI=1S/C5H9NO3/c1-4(7)3-5(2)9-6-8/h5H,3H2,1-2H3. The minimum absolute atomic E-state index is 0.00819. The molecule has 9 heavy (non-hydrogen) atoms. The lowest BCUT2D eigenvalue weighted by atomic mass is 10.2. The number of hydrogen-bond acceptors (Lipinski definition) is 4. The predicted octanol–water partition coefficient (Wildman–Crippen LogP) is 1.05. The minimum atomic E-state index is -0.389. The molecule has 0 bridgehead atoms. The molecule has 4 heteroatoms. The SMILES string of the molecule is CC(=O)CC(C)ON=O. The molecular weight excluding hydrogens is 122 g/mol. The summed E-state index contributed by atoms with van der Waals surface area (Å²) in [5.74, 6) is -0.00819. The van der Waals surface area contributed by atoms with Crippen molar-refractivity contribution in [2.24, 2.45) is 5.34 Å². The summed E-state index contributed by atoms with van der Waals surface area (Å²) in [6.45, 7) is 3.05. The molecule has 0 aromatic rings. The zero-order valence-corrected chi connectivity index (χ0v) is 5.46. The van der Waals surface area contributed by atoms with Crippen molar-refractivity contribution in [2.75, 3.05) is 0 Å². The summed E-state index contributed by atoms with van der Waals surface area (Å²) in [5.41, 5.74) is 0. The Morgan fingerprint density at radius 2 is 2.33 bits per heavy atom. The first-order valence-electron chi connectivity index (χ1n) is 2.64. The molecule has 0 spiro atoms. The predicted molar refractivity (Wildman–Crippen MR) is 31.6 cm³/mol. The molecule has 4 nitrogen and oxygen atoms in total. The topological polar surface area (TPSA) is 55.7 Å². The molecule has 0 aliphatic carbocycles. The summed E-state index contributed by atoms with van der Waals surface area (Å²) in [4.78, 5) is 23.9. The second-order valence-corrected chi connectivity index (χ2v) is 1.90. The number of carbonyl (C=O) groups is 1. The van der Waals surface area contributed by atoms with Crippen LogP contribution in [0.5, 0.6) is 0 Å². The van der Waals surface area contributed by atoms with Crippen LogP contribution in [0.1, 0.15) is 20.3 Å². The average Bonchev–Trinajstić information content (AvgIpc) is 1.63. The molecule has 0 fully saturated rings. The minimum Gasteiger partial charge on any atom is -0.361 e. The lowest BCUT2D eigenvalue weighted by Crippen LogP contribution is -2.08. The second-order valence-electron chi connectivity index (χ2n) is 1.90. The maximum absolute atomic E-state index is 10.3. The van der Waals surface area contributed by atoms with Gasteiger partial charge < -0.3 is 4.84 Å². The van der Waals surface area contributed by atoms with Crippen molar-refractivity contribution in [1.29, 1.82) is 0 Å². The van der Waals surface area contributed by atoms with Gasteiger partial charge in [-0.15, -0.1) is 4.91 Å². The third kappa shape index (κ3) is 4.93. The van der Waals surface area contributed by atoms with E-state index in [1.807, 2.05) is 0 Å². The van der Waals surface area contributed by atoms with Crippen LogP contribution in [0.15, 0.2) is 5.34 Å². The summed E-state index contributed by atoms with van der Waals surface area (Å²) < 4.78 is 0. The Balaban J connectivity index is 3.37. The summed E-state index contributed by atoms with van der Waals surface area (Å²) in [6.07, 6.45) is -0.147. The van der Waals surface area contributed by atoms with Gasteiger partial charge in [-0.05, 0) is 13.8 Å². The molecule has 0 amide bonds. The summed E-state index contributed by atoms with van der Waals surface area (Å²) in [6, 6.07) is 0. The van der Waals surface area contributed by atoms with Crippen LogP contribution >= 0.6 is 0 Å². The van der Waals surface area contributed by atoms with Crippen LogP contribution in [0.4, 0.5) is 0 Å². The van der Waals surface area contributed by atoms with Gasteiger partial charge in [0.2, 0.25) is 0 Å². The van der Waals surface area contributed by atoms with Crippen LogP contribution < -0.4 is 0 Å². The number of ketones is 1. The van der Waals surface area contributed by atoms with Gasteiger partial charge in [-0.25, -0.2) is 0 Å². The van der Waals surface area contributed by atoms with Crippen molar-refractivity contribution in [3.8, 4) is 0 Å². The fourth-order valence-corrected chi connectivity index (χ4v) is 0.516. The van der Waals surface area contributed by atoms with E-state index in [2.05, 4.69) is 10.2 Å². The van der Waals surface area contributed by atoms with Gasteiger partial charge >= 0.3 is 0 Å². The van der Waals surface area contributed by atoms with Gasteiger partial charge in [-0.3, -0.25) is 4.79 Å². The van der Waals surface area contributed by atoms with Crippen LogP contribution in [-0.4, -0.2) is 11.9 Å². The van der Waals surface area contributed by atoms with Crippen LogP contribution in [0.2, 0.25) is 0 Å². The molecule has 0 saturated carbocycles. The zero-order chi connectivity index (χ0) is 7.28. The molecule has 0 aromatic carbocycles. The molecule has 0 aliphatic heterocycles. The lowest BCUT2D eigenvalue weighted by molar-refractivity contribution is -0.119. The first-order chi connectivity index (χ1) is 4.16. The molecule has 0 aromatic heterocycles. The van der Waals surface area contributed by atoms with E-state index >= 15 is 0 Å². The lowest BCUT2D eigenvalue weighted by Gasteiger charge is -2.01. The van der Waals surface area contributed by atoms with Crippen molar-refractivity contribution >= 4 is 5.78 Å². The third-order valence-electron chi connectivity index (χ3n) is 0.798. The zero-order valence-electron chi connectivity index (χ0n) is 5.46. The van der Waals surface area contributed by atoms with Crippen LogP contribution in [-0.2, 0) is 9.63 Å². The molecule has 0 saturated heterocycles. The van der Waals surface area contributed by atoms with E-state index in [1.54, 1.807) is 6.92 Å². The van der Waals surface area contributed by atoms with Crippen LogP contribution in [0, 0.1) is 4.91 Å². The van der Waals surface area contributed by atoms with E-state index in [1.165, 1.54) is 6.92 Å². The maximum atomic E-state index is 10.3. The molecule has 0 heterocycles. The Kier molecular flexibility index (Phi) is 3.59. The summed E-state index contributed by atoms with van der Waals surface area (Å²) in [7, 11) is 0. The van der Waals surface area contributed by atoms with E-state index in [0.717, 1.165) is 0 Å². The maximum Gasteiger partial charge on any atom is 0.155 e. The van der Waals surface area contributed by atoms with Crippen molar-refractivity contribution in [3.05, 3.63) is 4.91 Å². The number of rotatable bonds is 4. The van der Waals surface area contributed by atoms with Crippen molar-refractivity contribution in [1.82, 2.24) is 0 Å². The van der Waals surface area contributed by atoms with Gasteiger partial charge in [0.25, 0.3) is 0 Å². The van der Waals surface area contributed by atoms with Gasteiger partial charge in [0.15, 0.2) is 5.34 Å². The molecular formula is C5H9NO3. The quantitative estimate of drug-likeness (QED) is 0.423. The molecule has 1 unspecified atom stereocenters. The number of hydrogen-bond donors (Lipinski definition) is 0. The largest absolute Gasteiger partial charge is 0.361 e. The number of carbonyl (C=O) groups excluding carboxylic acids is 1. The average molecular weight is 131 g/mol. The van der Waals surface area contributed by atoms with Crippen molar-refractivity contribution in [2.45, 2.75) is 26.4 Å². The first-order valence-corrected chi connectivity index (χ1v) is 2.64. The highest BCUT2D eigenvalue weighted by Gasteiger charge is 2.04. The van der Waals surface area contributed by atoms with Gasteiger partial charge in [0.05, 0.1) is 0 Å². The number of Topliss-reactive ketones (excluding diaryl/α,β-unsaturated/α-hetero) is 1. The fourth-order valence-electron chi connectivity index (χ4n) is 0.516. The highest BCUT2D eigenvalue weighted by atomic mass is 16.7. The molecule has 0 radical (unpaired) electrons. The smallest absolute Gasteiger partial charge is 0.155 e. The van der Waals surface area contributed by atoms with E-state index in [4.69, 9.17) is 0 Å². The normalized spacial score (nSPS) is 12.2. The first kappa shape index (κ1) is 8.07. The Morgan fingerprint density at radius 1 is 1.78 bits per heavy atom. The highest BCUT2D eigenvalue weighted by molar-refractivity contribution is 5.75. The van der Waals surface area contributed by atoms with E-state index < -0.39 is 0 Å². The third-order valence-corrected chi connectivity index (χ3v) is 0.798. The van der Waals surface area contributed by atoms with E-state index in [-0.39, 0.29) is 18.3 Å². The molecule has 0 rings (SSSR count). The van der Waals surface area contributed by atoms with Gasteiger partial charge in [0, 0.05) is 6.42 Å². The van der Waals surface area contributed by atoms with Gasteiger partial charge in [-0.1, -0.05) is 0 Å². The highest BCUT2D eigenvalue weighted by Crippen LogP contribution is 1.97. The Bertz CT molecular complexity index is 113. The second kappa shape index (κ2) is 4.00. The van der Waals surface area contributed by atoms with E-state index in [9.17, 15) is 9.70 Å². The van der Waals surface area contributed by atoms with Crippen molar-refractivity contribution in [3.63, 3.8) is 0 Å². The van der Waals surface area contributed by atoms with E-state index in [0.29, 0.717) is 0 Å². The Labute approximate surface area is 53.1 Å².